The van der Waals surface area contributed by atoms with E-state index < -0.39 is 0 Å². The largest absolute Gasteiger partial charge is 0.345 e. The van der Waals surface area contributed by atoms with E-state index in [4.69, 9.17) is 4.99 Å². The first-order valence-electron chi connectivity index (χ1n) is 10.4. The van der Waals surface area contributed by atoms with E-state index in [1.807, 2.05) is 6.92 Å². The molecule has 1 aliphatic heterocycles. The molecule has 1 N–H and O–H groups in total. The van der Waals surface area contributed by atoms with Crippen LogP contribution in [0, 0.1) is 0 Å². The van der Waals surface area contributed by atoms with Crippen LogP contribution in [-0.4, -0.2) is 41.3 Å². The molecule has 0 amide bonds. The molecule has 140 valence electrons. The van der Waals surface area contributed by atoms with Crippen LogP contribution < -0.4 is 0 Å². The lowest BCUT2D eigenvalue weighted by Crippen LogP contribution is -2.56. The van der Waals surface area contributed by atoms with Gasteiger partial charge in [0.05, 0.1) is 13.1 Å². The standard InChI is InChI=1S/C21H41N2O/c1-4-6-7-8-9-10-11-12-13-14-15-16-17-21-22-18-19-23(21,5-2)20(3)24/h7-8,20,24H,4-6,9-19H2,1-3H3/q+1/b8-7+. The molecular weight excluding hydrogens is 296 g/mol. The van der Waals surface area contributed by atoms with Crippen molar-refractivity contribution in [3.8, 4) is 0 Å². The number of hydrogen-bond acceptors (Lipinski definition) is 2. The van der Waals surface area contributed by atoms with Crippen LogP contribution in [0.25, 0.3) is 0 Å². The fourth-order valence-electron chi connectivity index (χ4n) is 3.77. The van der Waals surface area contributed by atoms with E-state index in [0.29, 0.717) is 4.48 Å². The summed E-state index contributed by atoms with van der Waals surface area (Å²) < 4.78 is 0.714. The van der Waals surface area contributed by atoms with Crippen molar-refractivity contribution >= 4 is 5.84 Å². The minimum Gasteiger partial charge on any atom is -0.345 e. The summed E-state index contributed by atoms with van der Waals surface area (Å²) in [5, 5.41) is 10.2. The van der Waals surface area contributed by atoms with Crippen molar-refractivity contribution in [2.75, 3.05) is 19.6 Å². The number of amidine groups is 1. The number of unbranched alkanes of at least 4 members (excludes halogenated alkanes) is 8. The van der Waals surface area contributed by atoms with Crippen LogP contribution in [0.15, 0.2) is 17.1 Å². The van der Waals surface area contributed by atoms with Crippen LogP contribution in [0.3, 0.4) is 0 Å². The third-order valence-corrected chi connectivity index (χ3v) is 5.48. The number of hydrogen-bond donors (Lipinski definition) is 1. The van der Waals surface area contributed by atoms with Gasteiger partial charge in [-0.3, -0.25) is 4.48 Å². The molecule has 3 nitrogen and oxygen atoms in total. The summed E-state index contributed by atoms with van der Waals surface area (Å²) in [5.74, 6) is 1.24. The highest BCUT2D eigenvalue weighted by molar-refractivity contribution is 5.76. The van der Waals surface area contributed by atoms with Crippen molar-refractivity contribution in [1.29, 1.82) is 0 Å². The molecule has 0 aromatic heterocycles. The van der Waals surface area contributed by atoms with Gasteiger partial charge in [0.2, 0.25) is 5.84 Å². The molecule has 1 aliphatic rings. The summed E-state index contributed by atoms with van der Waals surface area (Å²) in [6.45, 7) is 9.16. The highest BCUT2D eigenvalue weighted by Gasteiger charge is 2.40. The fraction of sp³-hybridized carbons (Fsp3) is 0.857. The zero-order valence-corrected chi connectivity index (χ0v) is 16.5. The predicted molar refractivity (Wildman–Crippen MR) is 105 cm³/mol. The Morgan fingerprint density at radius 3 is 2.25 bits per heavy atom. The third kappa shape index (κ3) is 7.06. The van der Waals surface area contributed by atoms with Crippen molar-refractivity contribution in [3.05, 3.63) is 12.2 Å². The molecule has 0 bridgehead atoms. The third-order valence-electron chi connectivity index (χ3n) is 5.48. The summed E-state index contributed by atoms with van der Waals surface area (Å²) in [6.07, 6.45) is 18.5. The van der Waals surface area contributed by atoms with E-state index in [0.717, 1.165) is 26.1 Å². The quantitative estimate of drug-likeness (QED) is 0.255. The molecule has 0 spiro atoms. The molecule has 0 fully saturated rings. The number of quaternary nitrogens is 1. The van der Waals surface area contributed by atoms with Gasteiger partial charge in [-0.15, -0.1) is 0 Å². The molecule has 24 heavy (non-hydrogen) atoms. The SMILES string of the molecule is CCC/C=C/CCCCCCCCCC1=NCC[N+]1(CC)C(C)O. The average Bonchev–Trinajstić information content (AvgIpc) is 3.00. The smallest absolute Gasteiger partial charge is 0.200 e. The molecular formula is C21H41N2O+. The Morgan fingerprint density at radius 1 is 1.00 bits per heavy atom. The van der Waals surface area contributed by atoms with Gasteiger partial charge in [-0.2, -0.15) is 0 Å². The maximum atomic E-state index is 10.2. The van der Waals surface area contributed by atoms with Crippen LogP contribution in [0.4, 0.5) is 0 Å². The van der Waals surface area contributed by atoms with Crippen LogP contribution >= 0.6 is 0 Å². The number of aliphatic hydroxyl groups is 1. The number of rotatable bonds is 14. The Morgan fingerprint density at radius 2 is 1.62 bits per heavy atom. The average molecular weight is 338 g/mol. The van der Waals surface area contributed by atoms with Gasteiger partial charge in [-0.1, -0.05) is 57.6 Å². The second kappa shape index (κ2) is 12.7. The van der Waals surface area contributed by atoms with Gasteiger partial charge in [-0.05, 0) is 32.6 Å². The minimum absolute atomic E-state index is 0.317. The highest BCUT2D eigenvalue weighted by atomic mass is 16.3. The van der Waals surface area contributed by atoms with Gasteiger partial charge >= 0.3 is 0 Å². The molecule has 0 saturated carbocycles. The van der Waals surface area contributed by atoms with Crippen LogP contribution in [-0.2, 0) is 0 Å². The van der Waals surface area contributed by atoms with Crippen molar-refractivity contribution in [1.82, 2.24) is 0 Å². The Labute approximate surface area is 150 Å². The summed E-state index contributed by atoms with van der Waals surface area (Å²) in [4.78, 5) is 4.69. The summed E-state index contributed by atoms with van der Waals surface area (Å²) in [7, 11) is 0. The van der Waals surface area contributed by atoms with Gasteiger partial charge in [-0.25, -0.2) is 4.99 Å². The lowest BCUT2D eigenvalue weighted by atomic mass is 10.1. The van der Waals surface area contributed by atoms with E-state index in [9.17, 15) is 5.11 Å². The number of likely N-dealkylation sites (N-methyl/N-ethyl adjacent to an activating group) is 1. The molecule has 2 atom stereocenters. The van der Waals surface area contributed by atoms with Crippen molar-refractivity contribution < 1.29 is 9.59 Å². The Hall–Kier alpha value is -0.670. The zero-order chi connectivity index (χ0) is 17.7. The highest BCUT2D eigenvalue weighted by Crippen LogP contribution is 2.22. The maximum Gasteiger partial charge on any atom is 0.200 e. The van der Waals surface area contributed by atoms with Crippen molar-refractivity contribution in [3.63, 3.8) is 0 Å². The van der Waals surface area contributed by atoms with Gasteiger partial charge in [0, 0.05) is 13.3 Å². The topological polar surface area (TPSA) is 32.6 Å². The van der Waals surface area contributed by atoms with E-state index in [2.05, 4.69) is 26.0 Å². The lowest BCUT2D eigenvalue weighted by molar-refractivity contribution is -0.882. The first-order valence-corrected chi connectivity index (χ1v) is 10.4. The van der Waals surface area contributed by atoms with Gasteiger partial charge in [0.1, 0.15) is 6.54 Å². The fourth-order valence-corrected chi connectivity index (χ4v) is 3.77. The lowest BCUT2D eigenvalue weighted by Gasteiger charge is -2.36. The molecule has 1 rings (SSSR count). The monoisotopic (exact) mass is 337 g/mol. The Kier molecular flexibility index (Phi) is 11.3. The second-order valence-corrected chi connectivity index (χ2v) is 7.28. The molecule has 1 heterocycles. The van der Waals surface area contributed by atoms with Gasteiger partial charge < -0.3 is 5.11 Å². The van der Waals surface area contributed by atoms with Gasteiger partial charge in [0.25, 0.3) is 0 Å². The van der Waals surface area contributed by atoms with E-state index >= 15 is 0 Å². The molecule has 0 aliphatic carbocycles. The Bertz CT molecular complexity index is 376. The molecule has 0 aromatic carbocycles. The first-order chi connectivity index (χ1) is 11.7. The number of allylic oxidation sites excluding steroid dienone is 2. The summed E-state index contributed by atoms with van der Waals surface area (Å²) >= 11 is 0. The zero-order valence-electron chi connectivity index (χ0n) is 16.5. The molecule has 2 unspecified atom stereocenters. The first kappa shape index (κ1) is 21.4. The van der Waals surface area contributed by atoms with Crippen molar-refractivity contribution in [2.24, 2.45) is 4.99 Å². The maximum absolute atomic E-state index is 10.2. The number of nitrogens with zero attached hydrogens (tertiary/aromatic N) is 2. The van der Waals surface area contributed by atoms with E-state index in [-0.39, 0.29) is 6.23 Å². The van der Waals surface area contributed by atoms with Crippen molar-refractivity contribution in [2.45, 2.75) is 97.6 Å². The van der Waals surface area contributed by atoms with E-state index in [1.54, 1.807) is 0 Å². The minimum atomic E-state index is -0.317. The van der Waals surface area contributed by atoms with Gasteiger partial charge in [0.15, 0.2) is 6.23 Å². The van der Waals surface area contributed by atoms with Crippen LogP contribution in [0.2, 0.25) is 0 Å². The van der Waals surface area contributed by atoms with E-state index in [1.165, 1.54) is 70.0 Å². The molecule has 0 saturated heterocycles. The summed E-state index contributed by atoms with van der Waals surface area (Å²) in [6, 6.07) is 0. The Balaban J connectivity index is 2.02. The molecule has 0 radical (unpaired) electrons. The second-order valence-electron chi connectivity index (χ2n) is 7.28. The summed E-state index contributed by atoms with van der Waals surface area (Å²) in [5.41, 5.74) is 0. The molecule has 3 heteroatoms. The number of aliphatic imine (C=N–C) groups is 1. The van der Waals surface area contributed by atoms with Crippen LogP contribution in [0.1, 0.15) is 91.4 Å². The predicted octanol–water partition coefficient (Wildman–Crippen LogP) is 5.44. The molecule has 0 aromatic rings. The van der Waals surface area contributed by atoms with Crippen LogP contribution in [0.5, 0.6) is 0 Å². The normalized spacial score (nSPS) is 22.2. The number of aliphatic hydroxyl groups excluding tert-OH is 1.